The second kappa shape index (κ2) is 7.28. The minimum Gasteiger partial charge on any atom is -0.497 e. The van der Waals surface area contributed by atoms with E-state index in [2.05, 4.69) is 30.7 Å². The average molecular weight is 362 g/mol. The van der Waals surface area contributed by atoms with Crippen LogP contribution >= 0.6 is 0 Å². The fourth-order valence-corrected chi connectivity index (χ4v) is 2.80. The molecule has 27 heavy (non-hydrogen) atoms. The Kier molecular flexibility index (Phi) is 4.52. The van der Waals surface area contributed by atoms with Crippen LogP contribution < -0.4 is 10.1 Å². The second-order valence-electron chi connectivity index (χ2n) is 6.01. The first-order chi connectivity index (χ1) is 13.2. The normalized spacial score (nSPS) is 10.9. The highest BCUT2D eigenvalue weighted by atomic mass is 16.5. The number of hydrogen-bond donors (Lipinski definition) is 3. The van der Waals surface area contributed by atoms with E-state index in [1.807, 2.05) is 48.5 Å². The smallest absolute Gasteiger partial charge is 0.226 e. The van der Waals surface area contributed by atoms with Crippen molar-refractivity contribution in [3.8, 4) is 17.1 Å². The van der Waals surface area contributed by atoms with Crippen LogP contribution in [0.25, 0.3) is 22.3 Å². The first-order valence-electron chi connectivity index (χ1n) is 8.47. The molecule has 0 saturated carbocycles. The number of ether oxygens (including phenoxy) is 1. The zero-order chi connectivity index (χ0) is 18.6. The Morgan fingerprint density at radius 1 is 1.07 bits per heavy atom. The minimum atomic E-state index is -0.119. The largest absolute Gasteiger partial charge is 0.497 e. The van der Waals surface area contributed by atoms with Gasteiger partial charge in [-0.2, -0.15) is 10.2 Å². The lowest BCUT2D eigenvalue weighted by molar-refractivity contribution is -0.120. The van der Waals surface area contributed by atoms with Crippen molar-refractivity contribution in [2.45, 2.75) is 13.0 Å². The van der Waals surface area contributed by atoms with Gasteiger partial charge < -0.3 is 10.1 Å². The van der Waals surface area contributed by atoms with Crippen LogP contribution in [0.2, 0.25) is 0 Å². The summed E-state index contributed by atoms with van der Waals surface area (Å²) in [6.07, 6.45) is 0.222. The van der Waals surface area contributed by atoms with Gasteiger partial charge in [-0.3, -0.25) is 15.0 Å². The van der Waals surface area contributed by atoms with Gasteiger partial charge in [-0.1, -0.05) is 18.2 Å². The van der Waals surface area contributed by atoms with Crippen molar-refractivity contribution in [1.29, 1.82) is 0 Å². The van der Waals surface area contributed by atoms with E-state index in [-0.39, 0.29) is 18.9 Å². The number of nitrogens with zero attached hydrogens (tertiary/aromatic N) is 3. The molecular weight excluding hydrogens is 344 g/mol. The lowest BCUT2D eigenvalue weighted by atomic mass is 10.1. The van der Waals surface area contributed by atoms with E-state index in [1.165, 1.54) is 0 Å². The molecular formula is C19H18N6O2. The number of hydrogen-bond acceptors (Lipinski definition) is 5. The number of aromatic nitrogens is 5. The van der Waals surface area contributed by atoms with Gasteiger partial charge in [0.2, 0.25) is 5.91 Å². The van der Waals surface area contributed by atoms with Gasteiger partial charge in [0.15, 0.2) is 5.82 Å². The Hall–Kier alpha value is -3.68. The molecule has 3 N–H and O–H groups in total. The molecule has 4 rings (SSSR count). The molecule has 136 valence electrons. The molecule has 0 unspecified atom stereocenters. The van der Waals surface area contributed by atoms with Crippen LogP contribution in [0.3, 0.4) is 0 Å². The third-order valence-electron chi connectivity index (χ3n) is 4.21. The summed E-state index contributed by atoms with van der Waals surface area (Å²) in [4.78, 5) is 16.7. The lowest BCUT2D eigenvalue weighted by Gasteiger charge is -2.02. The minimum absolute atomic E-state index is 0.119. The molecule has 2 aromatic heterocycles. The van der Waals surface area contributed by atoms with Crippen LogP contribution in [0, 0.1) is 0 Å². The van der Waals surface area contributed by atoms with Gasteiger partial charge in [-0.25, -0.2) is 4.98 Å². The van der Waals surface area contributed by atoms with Gasteiger partial charge >= 0.3 is 0 Å². The molecule has 0 saturated heterocycles. The number of carbonyl (C=O) groups excluding carboxylic acids is 1. The van der Waals surface area contributed by atoms with Crippen molar-refractivity contribution < 1.29 is 9.53 Å². The Morgan fingerprint density at radius 3 is 2.70 bits per heavy atom. The SMILES string of the molecule is COc1ccc(-c2n[nH]c(CNC(=O)Cc3[nH]nc4ccccc34)n2)cc1. The fourth-order valence-electron chi connectivity index (χ4n) is 2.80. The van der Waals surface area contributed by atoms with E-state index in [0.29, 0.717) is 11.6 Å². The van der Waals surface area contributed by atoms with Gasteiger partial charge in [0.05, 0.1) is 31.3 Å². The Bertz CT molecular complexity index is 1070. The van der Waals surface area contributed by atoms with Crippen LogP contribution in [-0.2, 0) is 17.8 Å². The quantitative estimate of drug-likeness (QED) is 0.487. The molecule has 2 heterocycles. The molecule has 0 atom stereocenters. The first-order valence-corrected chi connectivity index (χ1v) is 8.47. The molecule has 0 radical (unpaired) electrons. The molecule has 1 amide bonds. The summed E-state index contributed by atoms with van der Waals surface area (Å²) in [5, 5.41) is 18.0. The van der Waals surface area contributed by atoms with Crippen LogP contribution in [-0.4, -0.2) is 38.4 Å². The van der Waals surface area contributed by atoms with E-state index < -0.39 is 0 Å². The molecule has 8 heteroatoms. The number of fused-ring (bicyclic) bond motifs is 1. The van der Waals surface area contributed by atoms with Gasteiger partial charge in [0.25, 0.3) is 0 Å². The molecule has 0 aliphatic heterocycles. The molecule has 0 spiro atoms. The predicted molar refractivity (Wildman–Crippen MR) is 100 cm³/mol. The summed E-state index contributed by atoms with van der Waals surface area (Å²) in [5.41, 5.74) is 2.51. The topological polar surface area (TPSA) is 109 Å². The maximum Gasteiger partial charge on any atom is 0.226 e. The summed E-state index contributed by atoms with van der Waals surface area (Å²) in [6, 6.07) is 15.2. The molecule has 8 nitrogen and oxygen atoms in total. The zero-order valence-electron chi connectivity index (χ0n) is 14.7. The number of carbonyl (C=O) groups is 1. The number of benzene rings is 2. The third kappa shape index (κ3) is 3.64. The van der Waals surface area contributed by atoms with E-state index >= 15 is 0 Å². The summed E-state index contributed by atoms with van der Waals surface area (Å²) < 4.78 is 5.14. The highest BCUT2D eigenvalue weighted by molar-refractivity contribution is 5.87. The van der Waals surface area contributed by atoms with E-state index in [9.17, 15) is 4.79 Å². The van der Waals surface area contributed by atoms with Gasteiger partial charge in [-0.15, -0.1) is 0 Å². The molecule has 0 aliphatic carbocycles. The molecule has 2 aromatic carbocycles. The number of H-pyrrole nitrogens is 2. The van der Waals surface area contributed by atoms with Gasteiger partial charge in [-0.05, 0) is 30.3 Å². The number of nitrogens with one attached hydrogen (secondary N) is 3. The van der Waals surface area contributed by atoms with Crippen molar-refractivity contribution in [1.82, 2.24) is 30.7 Å². The zero-order valence-corrected chi connectivity index (χ0v) is 14.7. The van der Waals surface area contributed by atoms with E-state index in [1.54, 1.807) is 7.11 Å². The molecule has 4 aromatic rings. The summed E-state index contributed by atoms with van der Waals surface area (Å²) in [5.74, 6) is 1.81. The Morgan fingerprint density at radius 2 is 1.89 bits per heavy atom. The first kappa shape index (κ1) is 16.8. The van der Waals surface area contributed by atoms with Crippen LogP contribution in [0.1, 0.15) is 11.5 Å². The molecule has 0 aliphatic rings. The van der Waals surface area contributed by atoms with Crippen molar-refractivity contribution in [3.05, 3.63) is 60.0 Å². The molecule has 0 bridgehead atoms. The highest BCUT2D eigenvalue weighted by Gasteiger charge is 2.11. The van der Waals surface area contributed by atoms with Crippen molar-refractivity contribution >= 4 is 16.8 Å². The number of aromatic amines is 2. The van der Waals surface area contributed by atoms with Crippen molar-refractivity contribution in [3.63, 3.8) is 0 Å². The number of amides is 1. The Labute approximate surface area is 155 Å². The van der Waals surface area contributed by atoms with Crippen LogP contribution in [0.15, 0.2) is 48.5 Å². The monoisotopic (exact) mass is 362 g/mol. The van der Waals surface area contributed by atoms with Crippen molar-refractivity contribution in [2.24, 2.45) is 0 Å². The second-order valence-corrected chi connectivity index (χ2v) is 6.01. The molecule has 0 fully saturated rings. The summed E-state index contributed by atoms with van der Waals surface area (Å²) in [6.45, 7) is 0.272. The van der Waals surface area contributed by atoms with E-state index in [0.717, 1.165) is 27.9 Å². The predicted octanol–water partition coefficient (Wildman–Crippen LogP) is 2.22. The number of methoxy groups -OCH3 is 1. The average Bonchev–Trinajstić information content (AvgIpc) is 3.34. The number of para-hydroxylation sites is 1. The maximum absolute atomic E-state index is 12.2. The summed E-state index contributed by atoms with van der Waals surface area (Å²) in [7, 11) is 1.62. The standard InChI is InChI=1S/C19H18N6O2/c1-27-13-8-6-12(7-9-13)19-21-17(24-25-19)11-20-18(26)10-16-14-4-2-3-5-15(14)22-23-16/h2-9H,10-11H2,1H3,(H,20,26)(H,22,23)(H,21,24,25). The van der Waals surface area contributed by atoms with Gasteiger partial charge in [0, 0.05) is 10.9 Å². The highest BCUT2D eigenvalue weighted by Crippen LogP contribution is 2.19. The summed E-state index contributed by atoms with van der Waals surface area (Å²) >= 11 is 0. The number of rotatable bonds is 6. The van der Waals surface area contributed by atoms with Gasteiger partial charge in [0.1, 0.15) is 11.6 Å². The maximum atomic E-state index is 12.2. The Balaban J connectivity index is 1.37. The lowest BCUT2D eigenvalue weighted by Crippen LogP contribution is -2.25. The third-order valence-corrected chi connectivity index (χ3v) is 4.21. The fraction of sp³-hybridized carbons (Fsp3) is 0.158. The van der Waals surface area contributed by atoms with E-state index in [4.69, 9.17) is 4.74 Å². The van der Waals surface area contributed by atoms with Crippen LogP contribution in [0.5, 0.6) is 5.75 Å². The van der Waals surface area contributed by atoms with Crippen LogP contribution in [0.4, 0.5) is 0 Å². The van der Waals surface area contributed by atoms with Crippen molar-refractivity contribution in [2.75, 3.05) is 7.11 Å².